The summed E-state index contributed by atoms with van der Waals surface area (Å²) in [6, 6.07) is 10.5. The lowest BCUT2D eigenvalue weighted by atomic mass is 9.99. The zero-order valence-corrected chi connectivity index (χ0v) is 10.6. The third kappa shape index (κ3) is 2.03. The first-order valence-electron chi connectivity index (χ1n) is 6.26. The molecular formula is C15H12N2O3. The van der Waals surface area contributed by atoms with Crippen LogP contribution >= 0.6 is 0 Å². The first kappa shape index (κ1) is 12.3. The molecule has 1 aromatic carbocycles. The van der Waals surface area contributed by atoms with E-state index in [1.54, 1.807) is 11.0 Å². The van der Waals surface area contributed by atoms with Crippen LogP contribution in [0.2, 0.25) is 0 Å². The number of carboxylic acids is 1. The van der Waals surface area contributed by atoms with Crippen molar-refractivity contribution in [1.29, 1.82) is 0 Å². The predicted octanol–water partition coefficient (Wildman–Crippen LogP) is 1.98. The number of carbonyl (C=O) groups is 2. The Morgan fingerprint density at radius 3 is 2.70 bits per heavy atom. The maximum atomic E-state index is 12.4. The highest BCUT2D eigenvalue weighted by Gasteiger charge is 2.25. The van der Waals surface area contributed by atoms with Crippen molar-refractivity contribution >= 4 is 17.6 Å². The molecule has 0 spiro atoms. The van der Waals surface area contributed by atoms with Gasteiger partial charge >= 0.3 is 5.97 Å². The Morgan fingerprint density at radius 2 is 2.00 bits per heavy atom. The predicted molar refractivity (Wildman–Crippen MR) is 73.0 cm³/mol. The van der Waals surface area contributed by atoms with Crippen molar-refractivity contribution in [2.24, 2.45) is 0 Å². The van der Waals surface area contributed by atoms with E-state index in [9.17, 15) is 9.59 Å². The molecule has 20 heavy (non-hydrogen) atoms. The van der Waals surface area contributed by atoms with Crippen LogP contribution in [0.1, 0.15) is 26.4 Å². The molecule has 0 unspecified atom stereocenters. The molecular weight excluding hydrogens is 256 g/mol. The van der Waals surface area contributed by atoms with Crippen LogP contribution in [0.5, 0.6) is 0 Å². The van der Waals surface area contributed by atoms with Crippen molar-refractivity contribution in [1.82, 2.24) is 4.98 Å². The fraction of sp³-hybridized carbons (Fsp3) is 0.133. The molecule has 5 heteroatoms. The van der Waals surface area contributed by atoms with E-state index in [2.05, 4.69) is 4.98 Å². The lowest BCUT2D eigenvalue weighted by Gasteiger charge is -2.28. The molecule has 2 heterocycles. The number of fused-ring (bicyclic) bond motifs is 1. The van der Waals surface area contributed by atoms with E-state index in [0.717, 1.165) is 12.0 Å². The fourth-order valence-corrected chi connectivity index (χ4v) is 2.34. The normalized spacial score (nSPS) is 14.0. The Morgan fingerprint density at radius 1 is 1.20 bits per heavy atom. The zero-order chi connectivity index (χ0) is 14.1. The van der Waals surface area contributed by atoms with Gasteiger partial charge in [0.15, 0.2) is 0 Å². The number of anilines is 1. The maximum absolute atomic E-state index is 12.4. The first-order chi connectivity index (χ1) is 9.66. The number of amides is 1. The third-order valence-electron chi connectivity index (χ3n) is 3.38. The van der Waals surface area contributed by atoms with Crippen molar-refractivity contribution in [2.75, 3.05) is 11.4 Å². The number of rotatable bonds is 2. The SMILES string of the molecule is O=C(O)c1ccc(N2CCc3ccccc3C2=O)cn1. The van der Waals surface area contributed by atoms with Gasteiger partial charge in [0.2, 0.25) is 0 Å². The van der Waals surface area contributed by atoms with Crippen LogP contribution in [0.25, 0.3) is 0 Å². The Balaban J connectivity index is 1.92. The summed E-state index contributed by atoms with van der Waals surface area (Å²) >= 11 is 0. The molecule has 0 saturated heterocycles. The van der Waals surface area contributed by atoms with Gasteiger partial charge in [-0.1, -0.05) is 18.2 Å². The van der Waals surface area contributed by atoms with Crippen molar-refractivity contribution in [2.45, 2.75) is 6.42 Å². The smallest absolute Gasteiger partial charge is 0.354 e. The molecule has 0 saturated carbocycles. The topological polar surface area (TPSA) is 70.5 Å². The van der Waals surface area contributed by atoms with Gasteiger partial charge in [0.05, 0.1) is 11.9 Å². The zero-order valence-electron chi connectivity index (χ0n) is 10.6. The average Bonchev–Trinajstić information content (AvgIpc) is 2.48. The third-order valence-corrected chi connectivity index (χ3v) is 3.38. The molecule has 0 bridgehead atoms. The van der Waals surface area contributed by atoms with Gasteiger partial charge in [0.1, 0.15) is 5.69 Å². The van der Waals surface area contributed by atoms with E-state index in [-0.39, 0.29) is 11.6 Å². The van der Waals surface area contributed by atoms with Crippen LogP contribution in [-0.4, -0.2) is 28.5 Å². The number of nitrogens with zero attached hydrogens (tertiary/aromatic N) is 2. The molecule has 1 amide bonds. The van der Waals surface area contributed by atoms with Gasteiger partial charge in [-0.2, -0.15) is 0 Å². The number of benzene rings is 1. The van der Waals surface area contributed by atoms with Crippen molar-refractivity contribution < 1.29 is 14.7 Å². The number of hydrogen-bond acceptors (Lipinski definition) is 3. The summed E-state index contributed by atoms with van der Waals surface area (Å²) < 4.78 is 0. The van der Waals surface area contributed by atoms with Gasteiger partial charge in [0.25, 0.3) is 5.91 Å². The van der Waals surface area contributed by atoms with Gasteiger partial charge in [-0.05, 0) is 30.2 Å². The molecule has 0 fully saturated rings. The second-order valence-corrected chi connectivity index (χ2v) is 4.57. The first-order valence-corrected chi connectivity index (χ1v) is 6.26. The number of carboxylic acid groups (broad SMARTS) is 1. The minimum absolute atomic E-state index is 0.0291. The molecule has 0 radical (unpaired) electrons. The van der Waals surface area contributed by atoms with Gasteiger partial charge in [-0.25, -0.2) is 9.78 Å². The van der Waals surface area contributed by atoms with Crippen LogP contribution in [0, 0.1) is 0 Å². The van der Waals surface area contributed by atoms with E-state index in [1.165, 1.54) is 12.3 Å². The highest BCUT2D eigenvalue weighted by Crippen LogP contribution is 2.23. The van der Waals surface area contributed by atoms with Gasteiger partial charge in [0, 0.05) is 12.1 Å². The van der Waals surface area contributed by atoms with E-state index < -0.39 is 5.97 Å². The summed E-state index contributed by atoms with van der Waals surface area (Å²) in [5.74, 6) is -1.15. The van der Waals surface area contributed by atoms with Crippen molar-refractivity contribution in [3.05, 3.63) is 59.4 Å². The second kappa shape index (κ2) is 4.77. The van der Waals surface area contributed by atoms with E-state index in [4.69, 9.17) is 5.11 Å². The van der Waals surface area contributed by atoms with E-state index >= 15 is 0 Å². The number of carbonyl (C=O) groups excluding carboxylic acids is 1. The summed E-state index contributed by atoms with van der Waals surface area (Å²) in [5.41, 5.74) is 2.33. The van der Waals surface area contributed by atoms with Gasteiger partial charge < -0.3 is 10.0 Å². The van der Waals surface area contributed by atoms with E-state index in [0.29, 0.717) is 17.8 Å². The Kier molecular flexibility index (Phi) is 2.95. The number of hydrogen-bond donors (Lipinski definition) is 1. The summed E-state index contributed by atoms with van der Waals surface area (Å²) in [7, 11) is 0. The Hall–Kier alpha value is -2.69. The van der Waals surface area contributed by atoms with Gasteiger partial charge in [-0.15, -0.1) is 0 Å². The minimum Gasteiger partial charge on any atom is -0.477 e. The van der Waals surface area contributed by atoms with Crippen molar-refractivity contribution in [3.63, 3.8) is 0 Å². The van der Waals surface area contributed by atoms with Crippen molar-refractivity contribution in [3.8, 4) is 0 Å². The van der Waals surface area contributed by atoms with Crippen LogP contribution in [-0.2, 0) is 6.42 Å². The molecule has 1 aliphatic heterocycles. The van der Waals surface area contributed by atoms with Crippen LogP contribution in [0.3, 0.4) is 0 Å². The minimum atomic E-state index is -1.08. The van der Waals surface area contributed by atoms with Crippen LogP contribution < -0.4 is 4.90 Å². The summed E-state index contributed by atoms with van der Waals surface area (Å²) in [6.45, 7) is 0.573. The average molecular weight is 268 g/mol. The van der Waals surface area contributed by atoms with E-state index in [1.807, 2.05) is 24.3 Å². The standard InChI is InChI=1S/C15H12N2O3/c18-14-12-4-2-1-3-10(12)7-8-17(14)11-5-6-13(15(19)20)16-9-11/h1-6,9H,7-8H2,(H,19,20). The van der Waals surface area contributed by atoms with Crippen LogP contribution in [0.4, 0.5) is 5.69 Å². The summed E-state index contributed by atoms with van der Waals surface area (Å²) in [4.78, 5) is 28.7. The molecule has 1 aromatic heterocycles. The molecule has 1 N–H and O–H groups in total. The van der Waals surface area contributed by atoms with Crippen LogP contribution in [0.15, 0.2) is 42.6 Å². The lowest BCUT2D eigenvalue weighted by Crippen LogP contribution is -2.37. The molecule has 100 valence electrons. The molecule has 0 atom stereocenters. The number of aromatic nitrogens is 1. The molecule has 0 aliphatic carbocycles. The monoisotopic (exact) mass is 268 g/mol. The fourth-order valence-electron chi connectivity index (χ4n) is 2.34. The summed E-state index contributed by atoms with van der Waals surface area (Å²) in [5, 5.41) is 8.83. The summed E-state index contributed by atoms with van der Waals surface area (Å²) in [6.07, 6.45) is 2.21. The highest BCUT2D eigenvalue weighted by atomic mass is 16.4. The molecule has 5 nitrogen and oxygen atoms in total. The lowest BCUT2D eigenvalue weighted by molar-refractivity contribution is 0.0690. The van der Waals surface area contributed by atoms with Gasteiger partial charge in [-0.3, -0.25) is 4.79 Å². The highest BCUT2D eigenvalue weighted by molar-refractivity contribution is 6.08. The Labute approximate surface area is 115 Å². The molecule has 2 aromatic rings. The second-order valence-electron chi connectivity index (χ2n) is 4.57. The number of aromatic carboxylic acids is 1. The molecule has 1 aliphatic rings. The number of pyridine rings is 1. The Bertz CT molecular complexity index is 680. The largest absolute Gasteiger partial charge is 0.477 e. The quantitative estimate of drug-likeness (QED) is 0.904. The molecule has 3 rings (SSSR count). The maximum Gasteiger partial charge on any atom is 0.354 e.